The van der Waals surface area contributed by atoms with Crippen LogP contribution in [0, 0.1) is 5.92 Å². The normalized spacial score (nSPS) is 22.4. The van der Waals surface area contributed by atoms with Gasteiger partial charge in [-0.25, -0.2) is 9.67 Å². The van der Waals surface area contributed by atoms with E-state index in [9.17, 15) is 4.79 Å². The highest BCUT2D eigenvalue weighted by Crippen LogP contribution is 2.27. The van der Waals surface area contributed by atoms with Crippen LogP contribution in [0.5, 0.6) is 0 Å². The number of carbonyl (C=O) groups is 1. The van der Waals surface area contributed by atoms with Gasteiger partial charge in [0.15, 0.2) is 10.9 Å². The van der Waals surface area contributed by atoms with Gasteiger partial charge in [-0.15, -0.1) is 11.7 Å². The van der Waals surface area contributed by atoms with Crippen molar-refractivity contribution < 1.29 is 9.53 Å². The van der Waals surface area contributed by atoms with E-state index in [0.29, 0.717) is 55.6 Å². The number of fused-ring (bicyclic) bond motifs is 2. The molecule has 4 heterocycles. The molecule has 0 radical (unpaired) electrons. The molecule has 10 heteroatoms. The second kappa shape index (κ2) is 7.12. The average molecular weight is 375 g/mol. The fourth-order valence-corrected chi connectivity index (χ4v) is 3.59. The van der Waals surface area contributed by atoms with Crippen molar-refractivity contribution in [1.29, 1.82) is 0 Å². The van der Waals surface area contributed by atoms with Crippen molar-refractivity contribution in [2.75, 3.05) is 50.8 Å². The molecule has 0 saturated carbocycles. The van der Waals surface area contributed by atoms with Crippen LogP contribution in [-0.2, 0) is 16.1 Å². The smallest absolute Gasteiger partial charge is 0.250 e. The van der Waals surface area contributed by atoms with Crippen molar-refractivity contribution in [3.63, 3.8) is 0 Å². The van der Waals surface area contributed by atoms with Gasteiger partial charge in [-0.05, 0) is 12.2 Å². The van der Waals surface area contributed by atoms with Crippen molar-refractivity contribution in [3.05, 3.63) is 12.7 Å². The number of piperidine rings is 1. The van der Waals surface area contributed by atoms with Crippen LogP contribution in [0.15, 0.2) is 17.6 Å². The molecule has 1 unspecified atom stereocenters. The number of rotatable bonds is 3. The number of thiocarbonyl (C=S) groups is 1. The largest absolute Gasteiger partial charge is 0.378 e. The Morgan fingerprint density at radius 3 is 2.96 bits per heavy atom. The first-order chi connectivity index (χ1) is 12.7. The summed E-state index contributed by atoms with van der Waals surface area (Å²) in [5.41, 5.74) is 0.584. The number of aromatic nitrogens is 3. The number of anilines is 1. The van der Waals surface area contributed by atoms with Crippen molar-refractivity contribution >= 4 is 40.7 Å². The summed E-state index contributed by atoms with van der Waals surface area (Å²) in [5.74, 6) is 1.11. The molecule has 1 aromatic rings. The molecular weight excluding hydrogens is 354 g/mol. The Morgan fingerprint density at radius 2 is 2.19 bits per heavy atom. The first kappa shape index (κ1) is 17.1. The summed E-state index contributed by atoms with van der Waals surface area (Å²) in [6.07, 6.45) is 1.74. The van der Waals surface area contributed by atoms with E-state index < -0.39 is 0 Å². The van der Waals surface area contributed by atoms with E-state index in [-0.39, 0.29) is 18.2 Å². The predicted octanol–water partition coefficient (Wildman–Crippen LogP) is -0.238. The Kier molecular flexibility index (Phi) is 4.68. The van der Waals surface area contributed by atoms with Gasteiger partial charge in [-0.3, -0.25) is 4.79 Å². The fourth-order valence-electron chi connectivity index (χ4n) is 3.36. The maximum atomic E-state index is 12.6. The molecule has 0 bridgehead atoms. The number of likely N-dealkylation sites (tertiary alicyclic amines) is 1. The van der Waals surface area contributed by atoms with Crippen molar-refractivity contribution in [1.82, 2.24) is 25.0 Å². The monoisotopic (exact) mass is 375 g/mol. The molecule has 1 aromatic heterocycles. The van der Waals surface area contributed by atoms with Gasteiger partial charge >= 0.3 is 0 Å². The molecule has 1 N–H and O–H groups in total. The summed E-state index contributed by atoms with van der Waals surface area (Å²) in [6, 6.07) is 0. The Hall–Kier alpha value is -2.33. The minimum absolute atomic E-state index is 0.00817. The van der Waals surface area contributed by atoms with Crippen molar-refractivity contribution in [3.8, 4) is 0 Å². The summed E-state index contributed by atoms with van der Waals surface area (Å²) in [6.45, 7) is 8.57. The lowest BCUT2D eigenvalue weighted by molar-refractivity contribution is -0.114. The van der Waals surface area contributed by atoms with Crippen LogP contribution >= 0.6 is 12.2 Å². The lowest BCUT2D eigenvalue weighted by Crippen LogP contribution is -2.54. The maximum absolute atomic E-state index is 12.6. The third-order valence-electron chi connectivity index (χ3n) is 4.68. The molecule has 1 atom stereocenters. The van der Waals surface area contributed by atoms with Crippen LogP contribution in [0.3, 0.4) is 0 Å². The van der Waals surface area contributed by atoms with E-state index >= 15 is 0 Å². The molecule has 0 aromatic carbocycles. The van der Waals surface area contributed by atoms with Crippen LogP contribution in [0.4, 0.5) is 11.9 Å². The molecule has 3 aliphatic heterocycles. The molecule has 2 saturated heterocycles. The minimum Gasteiger partial charge on any atom is -0.378 e. The first-order valence-corrected chi connectivity index (χ1v) is 9.09. The van der Waals surface area contributed by atoms with Crippen LogP contribution < -0.4 is 10.2 Å². The highest BCUT2D eigenvalue weighted by atomic mass is 32.1. The van der Waals surface area contributed by atoms with Gasteiger partial charge < -0.3 is 19.9 Å². The molecule has 2 fully saturated rings. The van der Waals surface area contributed by atoms with Gasteiger partial charge in [0, 0.05) is 32.1 Å². The van der Waals surface area contributed by atoms with E-state index in [0.717, 1.165) is 13.1 Å². The van der Waals surface area contributed by atoms with Gasteiger partial charge in [0.25, 0.3) is 0 Å². The number of nitrogens with zero attached hydrogens (tertiary/aromatic N) is 6. The average Bonchev–Trinajstić information content (AvgIpc) is 3.08. The summed E-state index contributed by atoms with van der Waals surface area (Å²) in [5, 5.41) is 8.23. The van der Waals surface area contributed by atoms with Crippen molar-refractivity contribution in [2.24, 2.45) is 10.9 Å². The fraction of sp³-hybridized carbons (Fsp3) is 0.562. The SMILES string of the molecule is C=CCNC(=S)N1CC(=O)C2=Nc3nc(N4CCOCC4)nn3CC2C1. The van der Waals surface area contributed by atoms with Gasteiger partial charge in [-0.1, -0.05) is 6.08 Å². The van der Waals surface area contributed by atoms with E-state index in [1.807, 2.05) is 4.90 Å². The van der Waals surface area contributed by atoms with Crippen LogP contribution in [-0.4, -0.2) is 82.2 Å². The molecule has 26 heavy (non-hydrogen) atoms. The number of ether oxygens (including phenoxy) is 1. The number of Topliss-reactive ketones (excluding diaryl/α,β-unsaturated/α-hetero) is 1. The predicted molar refractivity (Wildman–Crippen MR) is 101 cm³/mol. The zero-order chi connectivity index (χ0) is 18.1. The highest BCUT2D eigenvalue weighted by Gasteiger charge is 2.37. The molecule has 138 valence electrons. The number of hydrogen-bond donors (Lipinski definition) is 1. The van der Waals surface area contributed by atoms with Gasteiger partial charge in [0.05, 0.1) is 32.0 Å². The van der Waals surface area contributed by atoms with E-state index in [1.165, 1.54) is 0 Å². The number of nitrogens with one attached hydrogen (secondary N) is 1. The van der Waals surface area contributed by atoms with E-state index in [4.69, 9.17) is 17.0 Å². The summed E-state index contributed by atoms with van der Waals surface area (Å²) >= 11 is 5.38. The second-order valence-electron chi connectivity index (χ2n) is 6.47. The minimum atomic E-state index is -0.0357. The molecule has 0 aliphatic carbocycles. The van der Waals surface area contributed by atoms with Crippen LogP contribution in [0.1, 0.15) is 0 Å². The first-order valence-electron chi connectivity index (χ1n) is 8.68. The molecule has 9 nitrogen and oxygen atoms in total. The van der Waals surface area contributed by atoms with Crippen LogP contribution in [0.2, 0.25) is 0 Å². The number of ketones is 1. The lowest BCUT2D eigenvalue weighted by Gasteiger charge is -2.35. The second-order valence-corrected chi connectivity index (χ2v) is 6.85. The van der Waals surface area contributed by atoms with Gasteiger partial charge in [-0.2, -0.15) is 4.98 Å². The highest BCUT2D eigenvalue weighted by molar-refractivity contribution is 7.80. The third kappa shape index (κ3) is 3.21. The van der Waals surface area contributed by atoms with Gasteiger partial charge in [0.2, 0.25) is 11.9 Å². The number of hydrogen-bond acceptors (Lipinski definition) is 7. The quantitative estimate of drug-likeness (QED) is 0.572. The molecule has 0 amide bonds. The Balaban J connectivity index is 1.52. The number of aliphatic imine (C=N–C) groups is 1. The van der Waals surface area contributed by atoms with E-state index in [1.54, 1.807) is 10.8 Å². The molecule has 4 rings (SSSR count). The maximum Gasteiger partial charge on any atom is 0.250 e. The zero-order valence-corrected chi connectivity index (χ0v) is 15.2. The Morgan fingerprint density at radius 1 is 1.38 bits per heavy atom. The molecule has 0 spiro atoms. The Labute approximate surface area is 156 Å². The summed E-state index contributed by atoms with van der Waals surface area (Å²) in [7, 11) is 0. The number of morpholine rings is 1. The topological polar surface area (TPSA) is 87.9 Å². The Bertz CT molecular complexity index is 769. The molecule has 3 aliphatic rings. The number of carbonyl (C=O) groups excluding carboxylic acids is 1. The molecular formula is C16H21N7O2S. The summed E-state index contributed by atoms with van der Waals surface area (Å²) in [4.78, 5) is 25.6. The van der Waals surface area contributed by atoms with Gasteiger partial charge in [0.1, 0.15) is 0 Å². The standard InChI is InChI=1S/C16H21N7O2S/c1-2-3-17-16(26)22-8-11-9-23-14(18-13(11)12(24)10-22)19-15(20-23)21-4-6-25-7-5-21/h2,11H,1,3-10H2,(H,17,26). The summed E-state index contributed by atoms with van der Waals surface area (Å²) < 4.78 is 7.16. The van der Waals surface area contributed by atoms with Crippen molar-refractivity contribution in [2.45, 2.75) is 6.54 Å². The van der Waals surface area contributed by atoms with Crippen LogP contribution in [0.25, 0.3) is 0 Å². The van der Waals surface area contributed by atoms with E-state index in [2.05, 4.69) is 31.9 Å². The zero-order valence-electron chi connectivity index (χ0n) is 14.4. The third-order valence-corrected chi connectivity index (χ3v) is 5.08. The lowest BCUT2D eigenvalue weighted by atomic mass is 9.93.